The molecule has 1 atom stereocenters. The van der Waals surface area contributed by atoms with E-state index >= 15 is 0 Å². The first-order chi connectivity index (χ1) is 13.9. The Bertz CT molecular complexity index is 949. The molecular weight excluding hydrogens is 384 g/mol. The quantitative estimate of drug-likeness (QED) is 0.785. The van der Waals surface area contributed by atoms with E-state index in [1.165, 1.54) is 0 Å². The zero-order valence-electron chi connectivity index (χ0n) is 16.7. The number of hydrogen-bond donors (Lipinski definition) is 2. The molecule has 2 amide bonds. The van der Waals surface area contributed by atoms with Crippen molar-refractivity contribution in [3.8, 4) is 12.1 Å². The molecule has 0 saturated heterocycles. The van der Waals surface area contributed by atoms with Crippen LogP contribution in [-0.4, -0.2) is 17.6 Å². The van der Waals surface area contributed by atoms with Crippen molar-refractivity contribution in [1.29, 1.82) is 10.5 Å². The summed E-state index contributed by atoms with van der Waals surface area (Å²) in [5.41, 5.74) is 2.57. The third-order valence-electron chi connectivity index (χ3n) is 5.77. The number of anilines is 1. The van der Waals surface area contributed by atoms with Crippen LogP contribution in [0.5, 0.6) is 0 Å². The van der Waals surface area contributed by atoms with E-state index in [-0.39, 0.29) is 17.6 Å². The molecular formula is C22H24N4O2S. The second kappa shape index (κ2) is 8.71. The Labute approximate surface area is 175 Å². The zero-order valence-corrected chi connectivity index (χ0v) is 17.5. The van der Waals surface area contributed by atoms with Crippen LogP contribution in [0.4, 0.5) is 5.69 Å². The SMILES string of the molecule is Cc1ccc(NC(=O)CSC2=C(C#N)C3(CCCCC3)[C@H](C#N)C(=O)N2)c(C)c1. The lowest BCUT2D eigenvalue weighted by Crippen LogP contribution is -2.48. The predicted octanol–water partition coefficient (Wildman–Crippen LogP) is 3.93. The molecule has 0 unspecified atom stereocenters. The van der Waals surface area contributed by atoms with Crippen molar-refractivity contribution >= 4 is 29.3 Å². The minimum Gasteiger partial charge on any atom is -0.325 e. The molecule has 1 aliphatic heterocycles. The second-order valence-corrected chi connectivity index (χ2v) is 8.72. The molecule has 3 rings (SSSR count). The Kier molecular flexibility index (Phi) is 6.30. The molecule has 0 bridgehead atoms. The number of nitrogens with one attached hydrogen (secondary N) is 2. The first kappa shape index (κ1) is 21.0. The lowest BCUT2D eigenvalue weighted by molar-refractivity contribution is -0.126. The Morgan fingerprint density at radius 3 is 2.62 bits per heavy atom. The summed E-state index contributed by atoms with van der Waals surface area (Å²) in [6.07, 6.45) is 4.13. The van der Waals surface area contributed by atoms with Crippen molar-refractivity contribution in [2.45, 2.75) is 46.0 Å². The van der Waals surface area contributed by atoms with E-state index in [4.69, 9.17) is 0 Å². The van der Waals surface area contributed by atoms with Gasteiger partial charge in [0.25, 0.3) is 0 Å². The minimum atomic E-state index is -0.856. The third-order valence-corrected chi connectivity index (χ3v) is 6.77. The maximum Gasteiger partial charge on any atom is 0.243 e. The van der Waals surface area contributed by atoms with Crippen LogP contribution in [0.25, 0.3) is 0 Å². The van der Waals surface area contributed by atoms with E-state index in [0.717, 1.165) is 47.8 Å². The molecule has 1 heterocycles. The largest absolute Gasteiger partial charge is 0.325 e. The minimum absolute atomic E-state index is 0.0708. The number of carbonyl (C=O) groups is 2. The highest BCUT2D eigenvalue weighted by molar-refractivity contribution is 8.03. The molecule has 0 radical (unpaired) electrons. The number of nitrogens with zero attached hydrogens (tertiary/aromatic N) is 2. The fourth-order valence-corrected chi connectivity index (χ4v) is 5.23. The first-order valence-electron chi connectivity index (χ1n) is 9.76. The number of benzene rings is 1. The molecule has 29 heavy (non-hydrogen) atoms. The fourth-order valence-electron chi connectivity index (χ4n) is 4.32. The lowest BCUT2D eigenvalue weighted by Gasteiger charge is -2.43. The average molecular weight is 409 g/mol. The van der Waals surface area contributed by atoms with Gasteiger partial charge in [-0.2, -0.15) is 10.5 Å². The van der Waals surface area contributed by atoms with E-state index in [2.05, 4.69) is 22.8 Å². The summed E-state index contributed by atoms with van der Waals surface area (Å²) < 4.78 is 0. The molecule has 2 N–H and O–H groups in total. The van der Waals surface area contributed by atoms with Crippen molar-refractivity contribution in [3.05, 3.63) is 39.9 Å². The van der Waals surface area contributed by atoms with Gasteiger partial charge in [-0.1, -0.05) is 48.7 Å². The number of hydrogen-bond acceptors (Lipinski definition) is 5. The first-order valence-corrected chi connectivity index (χ1v) is 10.7. The normalized spacial score (nSPS) is 20.6. The van der Waals surface area contributed by atoms with E-state index in [0.29, 0.717) is 23.4 Å². The van der Waals surface area contributed by atoms with Gasteiger partial charge in [0.15, 0.2) is 0 Å². The predicted molar refractivity (Wildman–Crippen MR) is 112 cm³/mol. The van der Waals surface area contributed by atoms with Crippen LogP contribution in [-0.2, 0) is 9.59 Å². The van der Waals surface area contributed by atoms with E-state index in [1.807, 2.05) is 32.0 Å². The van der Waals surface area contributed by atoms with Crippen molar-refractivity contribution in [1.82, 2.24) is 5.32 Å². The van der Waals surface area contributed by atoms with Gasteiger partial charge in [-0.05, 0) is 38.3 Å². The second-order valence-electron chi connectivity index (χ2n) is 7.74. The maximum atomic E-state index is 12.6. The van der Waals surface area contributed by atoms with Crippen molar-refractivity contribution in [2.24, 2.45) is 11.3 Å². The fraction of sp³-hybridized carbons (Fsp3) is 0.455. The molecule has 0 aromatic heterocycles. The van der Waals surface area contributed by atoms with Crippen molar-refractivity contribution in [3.63, 3.8) is 0 Å². The number of nitriles is 2. The Hall–Kier alpha value is -2.77. The monoisotopic (exact) mass is 408 g/mol. The topological polar surface area (TPSA) is 106 Å². The maximum absolute atomic E-state index is 12.6. The summed E-state index contributed by atoms with van der Waals surface area (Å²) in [6, 6.07) is 10.2. The number of aryl methyl sites for hydroxylation is 2. The highest BCUT2D eigenvalue weighted by Gasteiger charge is 2.51. The Balaban J connectivity index is 1.79. The molecule has 1 fully saturated rings. The molecule has 150 valence electrons. The van der Waals surface area contributed by atoms with Crippen LogP contribution in [0.3, 0.4) is 0 Å². The van der Waals surface area contributed by atoms with Gasteiger partial charge in [0.05, 0.1) is 28.5 Å². The van der Waals surface area contributed by atoms with Crippen LogP contribution in [0.2, 0.25) is 0 Å². The van der Waals surface area contributed by atoms with Crippen molar-refractivity contribution < 1.29 is 9.59 Å². The highest BCUT2D eigenvalue weighted by atomic mass is 32.2. The van der Waals surface area contributed by atoms with Gasteiger partial charge in [0, 0.05) is 11.1 Å². The van der Waals surface area contributed by atoms with E-state index in [1.54, 1.807) is 0 Å². The highest BCUT2D eigenvalue weighted by Crippen LogP contribution is 2.51. The van der Waals surface area contributed by atoms with Gasteiger partial charge in [-0.15, -0.1) is 0 Å². The van der Waals surface area contributed by atoms with Gasteiger partial charge in [0.1, 0.15) is 5.92 Å². The zero-order chi connectivity index (χ0) is 21.0. The number of rotatable bonds is 4. The van der Waals surface area contributed by atoms with Gasteiger partial charge in [-0.25, -0.2) is 0 Å². The Morgan fingerprint density at radius 1 is 1.28 bits per heavy atom. The molecule has 1 aliphatic carbocycles. The molecule has 1 aromatic rings. The lowest BCUT2D eigenvalue weighted by atomic mass is 9.61. The van der Waals surface area contributed by atoms with Crippen LogP contribution in [0, 0.1) is 47.8 Å². The third kappa shape index (κ3) is 4.16. The van der Waals surface area contributed by atoms with E-state index in [9.17, 15) is 20.1 Å². The molecule has 6 nitrogen and oxygen atoms in total. The summed E-state index contributed by atoms with van der Waals surface area (Å²) >= 11 is 1.15. The van der Waals surface area contributed by atoms with Crippen LogP contribution in [0.15, 0.2) is 28.8 Å². The summed E-state index contributed by atoms with van der Waals surface area (Å²) in [7, 11) is 0. The van der Waals surface area contributed by atoms with Crippen LogP contribution in [0.1, 0.15) is 43.2 Å². The smallest absolute Gasteiger partial charge is 0.243 e. The molecule has 1 saturated carbocycles. The summed E-state index contributed by atoms with van der Waals surface area (Å²) in [4.78, 5) is 25.0. The standard InChI is InChI=1S/C22H24N4O2S/c1-14-6-7-18(15(2)10-14)25-19(27)13-29-21-17(12-24)22(8-4-3-5-9-22)16(11-23)20(28)26-21/h6-7,10,16H,3-5,8-9,13H2,1-2H3,(H,25,27)(H,26,28)/t16-/m1/s1. The Morgan fingerprint density at radius 2 is 2.00 bits per heavy atom. The summed E-state index contributed by atoms with van der Waals surface area (Å²) in [5, 5.41) is 25.5. The summed E-state index contributed by atoms with van der Waals surface area (Å²) in [5.74, 6) is -1.36. The van der Waals surface area contributed by atoms with Crippen LogP contribution < -0.4 is 10.6 Å². The number of amides is 2. The van der Waals surface area contributed by atoms with Gasteiger partial charge in [0.2, 0.25) is 11.8 Å². The number of carbonyl (C=O) groups excluding carboxylic acids is 2. The molecule has 1 spiro atoms. The molecule has 2 aliphatic rings. The van der Waals surface area contributed by atoms with Gasteiger partial charge in [-0.3, -0.25) is 9.59 Å². The molecule has 7 heteroatoms. The summed E-state index contributed by atoms with van der Waals surface area (Å²) in [6.45, 7) is 3.92. The van der Waals surface area contributed by atoms with Gasteiger partial charge < -0.3 is 10.6 Å². The molecule has 1 aromatic carbocycles. The van der Waals surface area contributed by atoms with E-state index < -0.39 is 11.3 Å². The average Bonchev–Trinajstić information content (AvgIpc) is 2.69. The number of allylic oxidation sites excluding steroid dienone is 1. The van der Waals surface area contributed by atoms with Gasteiger partial charge >= 0.3 is 0 Å². The number of thioether (sulfide) groups is 1. The van der Waals surface area contributed by atoms with Crippen LogP contribution >= 0.6 is 11.8 Å². The van der Waals surface area contributed by atoms with Crippen molar-refractivity contribution in [2.75, 3.05) is 11.1 Å².